The molecule has 0 fully saturated rings. The number of benzene rings is 2. The number of aliphatic hydroxyl groups is 1. The van der Waals surface area contributed by atoms with Crippen LogP contribution in [-0.2, 0) is 5.54 Å². The molecule has 0 unspecified atom stereocenters. The minimum absolute atomic E-state index is 0.333. The van der Waals surface area contributed by atoms with Crippen molar-refractivity contribution in [1.29, 1.82) is 0 Å². The molecular formula is C16H16ClNO. The van der Waals surface area contributed by atoms with Gasteiger partial charge in [0, 0.05) is 10.6 Å². The SMILES string of the molecule is CN1[C@H](O)c2ccccc2[C@@]1(C)c1ccc(Cl)cc1. The van der Waals surface area contributed by atoms with E-state index in [-0.39, 0.29) is 5.54 Å². The molecule has 0 saturated carbocycles. The normalized spacial score (nSPS) is 26.4. The number of hydrogen-bond donors (Lipinski definition) is 1. The summed E-state index contributed by atoms with van der Waals surface area (Å²) in [7, 11) is 1.94. The number of halogens is 1. The van der Waals surface area contributed by atoms with Crippen molar-refractivity contribution < 1.29 is 5.11 Å². The van der Waals surface area contributed by atoms with Crippen LogP contribution in [0.25, 0.3) is 0 Å². The molecule has 0 aromatic heterocycles. The Hall–Kier alpha value is -1.35. The maximum absolute atomic E-state index is 10.4. The Morgan fingerprint density at radius 1 is 1.11 bits per heavy atom. The van der Waals surface area contributed by atoms with Gasteiger partial charge in [-0.3, -0.25) is 4.90 Å². The molecule has 0 spiro atoms. The first-order valence-corrected chi connectivity index (χ1v) is 6.69. The predicted octanol–water partition coefficient (Wildman–Crippen LogP) is 3.54. The lowest BCUT2D eigenvalue weighted by molar-refractivity contribution is -0.0101. The molecule has 0 amide bonds. The second-order valence-electron chi connectivity index (χ2n) is 5.15. The van der Waals surface area contributed by atoms with E-state index in [1.165, 1.54) is 0 Å². The Labute approximate surface area is 118 Å². The molecule has 1 heterocycles. The first kappa shape index (κ1) is 12.7. The van der Waals surface area contributed by atoms with E-state index in [9.17, 15) is 5.11 Å². The van der Waals surface area contributed by atoms with Crippen molar-refractivity contribution in [3.05, 3.63) is 70.2 Å². The van der Waals surface area contributed by atoms with E-state index in [1.54, 1.807) is 0 Å². The molecule has 2 nitrogen and oxygen atoms in total. The van der Waals surface area contributed by atoms with E-state index >= 15 is 0 Å². The summed E-state index contributed by atoms with van der Waals surface area (Å²) in [6.07, 6.45) is -0.572. The Bertz CT molecular complexity index is 610. The molecule has 1 aliphatic rings. The Kier molecular flexibility index (Phi) is 2.90. The lowest BCUT2D eigenvalue weighted by Gasteiger charge is -2.35. The fraction of sp³-hybridized carbons (Fsp3) is 0.250. The van der Waals surface area contributed by atoms with Crippen LogP contribution >= 0.6 is 11.6 Å². The van der Waals surface area contributed by atoms with Crippen LogP contribution in [0.2, 0.25) is 5.02 Å². The third kappa shape index (κ3) is 1.71. The highest BCUT2D eigenvalue weighted by molar-refractivity contribution is 6.30. The number of hydrogen-bond acceptors (Lipinski definition) is 2. The van der Waals surface area contributed by atoms with Crippen LogP contribution in [0.15, 0.2) is 48.5 Å². The summed E-state index contributed by atoms with van der Waals surface area (Å²) >= 11 is 5.97. The highest BCUT2D eigenvalue weighted by atomic mass is 35.5. The van der Waals surface area contributed by atoms with Crippen LogP contribution in [0.5, 0.6) is 0 Å². The van der Waals surface area contributed by atoms with Crippen molar-refractivity contribution in [2.24, 2.45) is 0 Å². The monoisotopic (exact) mass is 273 g/mol. The average molecular weight is 274 g/mol. The zero-order chi connectivity index (χ0) is 13.6. The number of rotatable bonds is 1. The summed E-state index contributed by atoms with van der Waals surface area (Å²) in [5.74, 6) is 0. The number of fused-ring (bicyclic) bond motifs is 1. The first-order chi connectivity index (χ1) is 9.05. The van der Waals surface area contributed by atoms with Gasteiger partial charge in [-0.2, -0.15) is 0 Å². The minimum atomic E-state index is -0.572. The van der Waals surface area contributed by atoms with Gasteiger partial charge in [-0.05, 0) is 37.2 Å². The molecule has 3 rings (SSSR count). The van der Waals surface area contributed by atoms with E-state index in [4.69, 9.17) is 11.6 Å². The summed E-state index contributed by atoms with van der Waals surface area (Å²) in [4.78, 5) is 1.99. The molecule has 0 bridgehead atoms. The lowest BCUT2D eigenvalue weighted by Crippen LogP contribution is -2.38. The fourth-order valence-electron chi connectivity index (χ4n) is 2.94. The zero-order valence-corrected chi connectivity index (χ0v) is 11.7. The second-order valence-corrected chi connectivity index (χ2v) is 5.59. The van der Waals surface area contributed by atoms with Crippen LogP contribution in [0.1, 0.15) is 29.8 Å². The molecule has 1 N–H and O–H groups in total. The van der Waals surface area contributed by atoms with Gasteiger partial charge in [-0.1, -0.05) is 48.0 Å². The highest BCUT2D eigenvalue weighted by Crippen LogP contribution is 2.47. The van der Waals surface area contributed by atoms with Gasteiger partial charge in [-0.15, -0.1) is 0 Å². The summed E-state index contributed by atoms with van der Waals surface area (Å²) in [5, 5.41) is 11.1. The van der Waals surface area contributed by atoms with Crippen LogP contribution in [-0.4, -0.2) is 17.1 Å². The second kappa shape index (κ2) is 4.34. The van der Waals surface area contributed by atoms with E-state index in [2.05, 4.69) is 13.0 Å². The standard InChI is InChI=1S/C16H16ClNO/c1-16(11-7-9-12(17)10-8-11)14-6-4-3-5-13(14)15(19)18(16)2/h3-10,15,19H,1-2H3/t15-,16-/m1/s1. The molecular weight excluding hydrogens is 258 g/mol. The van der Waals surface area contributed by atoms with Crippen molar-refractivity contribution in [3.8, 4) is 0 Å². The van der Waals surface area contributed by atoms with Gasteiger partial charge in [0.15, 0.2) is 0 Å². The first-order valence-electron chi connectivity index (χ1n) is 6.31. The molecule has 98 valence electrons. The van der Waals surface area contributed by atoms with Crippen molar-refractivity contribution in [2.75, 3.05) is 7.05 Å². The molecule has 1 aliphatic heterocycles. The maximum Gasteiger partial charge on any atom is 0.134 e. The molecule has 2 aromatic rings. The Balaban J connectivity index is 2.20. The van der Waals surface area contributed by atoms with E-state index in [0.717, 1.165) is 21.7 Å². The zero-order valence-electron chi connectivity index (χ0n) is 11.0. The van der Waals surface area contributed by atoms with Crippen molar-refractivity contribution in [3.63, 3.8) is 0 Å². The van der Waals surface area contributed by atoms with Gasteiger partial charge in [0.05, 0.1) is 5.54 Å². The van der Waals surface area contributed by atoms with Crippen LogP contribution in [0.3, 0.4) is 0 Å². The van der Waals surface area contributed by atoms with Gasteiger partial charge >= 0.3 is 0 Å². The van der Waals surface area contributed by atoms with Gasteiger partial charge in [0.1, 0.15) is 6.23 Å². The van der Waals surface area contributed by atoms with Gasteiger partial charge < -0.3 is 5.11 Å². The van der Waals surface area contributed by atoms with Crippen molar-refractivity contribution in [1.82, 2.24) is 4.90 Å². The maximum atomic E-state index is 10.4. The van der Waals surface area contributed by atoms with Gasteiger partial charge in [0.2, 0.25) is 0 Å². The molecule has 0 saturated heterocycles. The van der Waals surface area contributed by atoms with Crippen LogP contribution in [0, 0.1) is 0 Å². The fourth-order valence-corrected chi connectivity index (χ4v) is 3.07. The molecule has 0 radical (unpaired) electrons. The quantitative estimate of drug-likeness (QED) is 0.859. The van der Waals surface area contributed by atoms with Gasteiger partial charge in [-0.25, -0.2) is 0 Å². The third-order valence-corrected chi connectivity index (χ3v) is 4.49. The molecule has 0 aliphatic carbocycles. The summed E-state index contributed by atoms with van der Waals surface area (Å²) in [6, 6.07) is 15.9. The van der Waals surface area contributed by atoms with Gasteiger partial charge in [0.25, 0.3) is 0 Å². The van der Waals surface area contributed by atoms with Crippen LogP contribution < -0.4 is 0 Å². The largest absolute Gasteiger partial charge is 0.374 e. The molecule has 19 heavy (non-hydrogen) atoms. The molecule has 2 aromatic carbocycles. The predicted molar refractivity (Wildman–Crippen MR) is 77.1 cm³/mol. The van der Waals surface area contributed by atoms with E-state index in [1.807, 2.05) is 54.4 Å². The Morgan fingerprint density at radius 3 is 2.42 bits per heavy atom. The molecule has 3 heteroatoms. The Morgan fingerprint density at radius 2 is 1.74 bits per heavy atom. The third-order valence-electron chi connectivity index (χ3n) is 4.24. The van der Waals surface area contributed by atoms with Crippen LogP contribution in [0.4, 0.5) is 0 Å². The molecule has 2 atom stereocenters. The average Bonchev–Trinajstić information content (AvgIpc) is 2.63. The summed E-state index contributed by atoms with van der Waals surface area (Å²) in [6.45, 7) is 2.13. The lowest BCUT2D eigenvalue weighted by atomic mass is 9.85. The number of nitrogens with zero attached hydrogens (tertiary/aromatic N) is 1. The van der Waals surface area contributed by atoms with Crippen molar-refractivity contribution >= 4 is 11.6 Å². The smallest absolute Gasteiger partial charge is 0.134 e. The topological polar surface area (TPSA) is 23.5 Å². The summed E-state index contributed by atoms with van der Waals surface area (Å²) < 4.78 is 0. The highest BCUT2D eigenvalue weighted by Gasteiger charge is 2.45. The number of aliphatic hydroxyl groups excluding tert-OH is 1. The van der Waals surface area contributed by atoms with E-state index < -0.39 is 6.23 Å². The summed E-state index contributed by atoms with van der Waals surface area (Å²) in [5.41, 5.74) is 2.92. The minimum Gasteiger partial charge on any atom is -0.374 e. The van der Waals surface area contributed by atoms with E-state index in [0.29, 0.717) is 0 Å². The van der Waals surface area contributed by atoms with Crippen molar-refractivity contribution in [2.45, 2.75) is 18.7 Å².